The van der Waals surface area contributed by atoms with Crippen molar-refractivity contribution in [3.8, 4) is 0 Å². The van der Waals surface area contributed by atoms with Gasteiger partial charge in [0.25, 0.3) is 0 Å². The van der Waals surface area contributed by atoms with Crippen LogP contribution in [0.1, 0.15) is 12.5 Å². The van der Waals surface area contributed by atoms with Crippen LogP contribution in [0.3, 0.4) is 0 Å². The zero-order valence-electron chi connectivity index (χ0n) is 6.87. The van der Waals surface area contributed by atoms with Crippen LogP contribution < -0.4 is 0 Å². The van der Waals surface area contributed by atoms with Crippen LogP contribution >= 0.6 is 24.0 Å². The summed E-state index contributed by atoms with van der Waals surface area (Å²) in [7, 11) is 0. The quantitative estimate of drug-likeness (QED) is 0.657. The van der Waals surface area contributed by atoms with Gasteiger partial charge < -0.3 is 0 Å². The van der Waals surface area contributed by atoms with E-state index in [4.69, 9.17) is 0 Å². The fourth-order valence-corrected chi connectivity index (χ4v) is 3.03. The first-order valence-corrected chi connectivity index (χ1v) is 5.28. The van der Waals surface area contributed by atoms with Crippen molar-refractivity contribution in [2.24, 2.45) is 0 Å². The fourth-order valence-electron chi connectivity index (χ4n) is 1.43. The number of hydrogen-bond donors (Lipinski definition) is 1. The van der Waals surface area contributed by atoms with E-state index in [1.165, 1.54) is 19.9 Å². The molecule has 0 fully saturated rings. The molecule has 1 aromatic heterocycles. The van der Waals surface area contributed by atoms with Crippen molar-refractivity contribution >= 4 is 34.1 Å². The van der Waals surface area contributed by atoms with Crippen molar-refractivity contribution in [3.63, 3.8) is 0 Å². The molecule has 62 valence electrons. The number of hydrogen-bond acceptors (Lipinski definition) is 2. The lowest BCUT2D eigenvalue weighted by molar-refractivity contribution is 1.13. The van der Waals surface area contributed by atoms with E-state index in [1.807, 2.05) is 0 Å². The third-order valence-electron chi connectivity index (χ3n) is 2.03. The maximum atomic E-state index is 4.45. The van der Waals surface area contributed by atoms with Crippen LogP contribution in [-0.2, 0) is 6.42 Å². The molecule has 12 heavy (non-hydrogen) atoms. The topological polar surface area (TPSA) is 0 Å². The van der Waals surface area contributed by atoms with Gasteiger partial charge in [0.1, 0.15) is 0 Å². The van der Waals surface area contributed by atoms with Gasteiger partial charge in [0.15, 0.2) is 0 Å². The molecule has 0 aliphatic heterocycles. The lowest BCUT2D eigenvalue weighted by Crippen LogP contribution is -1.75. The molecule has 0 spiro atoms. The Hall–Kier alpha value is -0.470. The molecule has 0 saturated carbocycles. The highest BCUT2D eigenvalue weighted by Gasteiger charge is 2.05. The molecule has 2 aromatic rings. The SMILES string of the molecule is CCc1c(S)sc2ccccc12. The normalized spacial score (nSPS) is 10.8. The number of thiophene rings is 1. The van der Waals surface area contributed by atoms with Gasteiger partial charge >= 0.3 is 0 Å². The zero-order chi connectivity index (χ0) is 8.55. The summed E-state index contributed by atoms with van der Waals surface area (Å²) in [4.78, 5) is 0. The predicted molar refractivity (Wildman–Crippen MR) is 58.5 cm³/mol. The van der Waals surface area contributed by atoms with Gasteiger partial charge in [0, 0.05) is 4.70 Å². The van der Waals surface area contributed by atoms with Crippen LogP contribution in [0.4, 0.5) is 0 Å². The number of fused-ring (bicyclic) bond motifs is 1. The number of thiol groups is 1. The monoisotopic (exact) mass is 194 g/mol. The maximum Gasteiger partial charge on any atom is 0.0612 e. The maximum absolute atomic E-state index is 4.45. The van der Waals surface area contributed by atoms with E-state index < -0.39 is 0 Å². The molecule has 2 rings (SSSR count). The molecule has 0 saturated heterocycles. The minimum atomic E-state index is 1.07. The molecule has 0 N–H and O–H groups in total. The summed E-state index contributed by atoms with van der Waals surface area (Å²) in [5.74, 6) is 0. The summed E-state index contributed by atoms with van der Waals surface area (Å²) >= 11 is 6.22. The van der Waals surface area contributed by atoms with E-state index in [9.17, 15) is 0 Å². The predicted octanol–water partition coefficient (Wildman–Crippen LogP) is 3.75. The summed E-state index contributed by atoms with van der Waals surface area (Å²) in [6.07, 6.45) is 1.07. The third kappa shape index (κ3) is 1.15. The number of benzene rings is 1. The Balaban J connectivity index is 2.81. The molecular formula is C10H10S2. The van der Waals surface area contributed by atoms with Gasteiger partial charge in [-0.3, -0.25) is 0 Å². The minimum absolute atomic E-state index is 1.07. The van der Waals surface area contributed by atoms with Crippen LogP contribution in [0.25, 0.3) is 10.1 Å². The second kappa shape index (κ2) is 3.11. The number of rotatable bonds is 1. The smallest absolute Gasteiger partial charge is 0.0612 e. The van der Waals surface area contributed by atoms with Crippen LogP contribution in [-0.4, -0.2) is 0 Å². The van der Waals surface area contributed by atoms with E-state index >= 15 is 0 Å². The van der Waals surface area contributed by atoms with Crippen LogP contribution in [0.2, 0.25) is 0 Å². The van der Waals surface area contributed by atoms with Gasteiger partial charge in [0.2, 0.25) is 0 Å². The summed E-state index contributed by atoms with van der Waals surface area (Å²) in [5, 5.41) is 1.37. The molecule has 0 atom stereocenters. The van der Waals surface area contributed by atoms with Crippen molar-refractivity contribution in [1.82, 2.24) is 0 Å². The Labute approximate surface area is 81.6 Å². The average molecular weight is 194 g/mol. The summed E-state index contributed by atoms with van der Waals surface area (Å²) in [5.41, 5.74) is 1.39. The molecule has 0 nitrogen and oxygen atoms in total. The van der Waals surface area contributed by atoms with Crippen LogP contribution in [0.15, 0.2) is 28.5 Å². The Kier molecular flexibility index (Phi) is 2.11. The Morgan fingerprint density at radius 1 is 1.33 bits per heavy atom. The van der Waals surface area contributed by atoms with Gasteiger partial charge in [-0.15, -0.1) is 24.0 Å². The van der Waals surface area contributed by atoms with E-state index in [0.29, 0.717) is 0 Å². The second-order valence-corrected chi connectivity index (χ2v) is 4.54. The van der Waals surface area contributed by atoms with Gasteiger partial charge in [-0.2, -0.15) is 0 Å². The third-order valence-corrected chi connectivity index (χ3v) is 3.59. The lowest BCUT2D eigenvalue weighted by Gasteiger charge is -1.93. The van der Waals surface area contributed by atoms with Gasteiger partial charge in [-0.05, 0) is 23.4 Å². The Morgan fingerprint density at radius 3 is 2.83 bits per heavy atom. The van der Waals surface area contributed by atoms with E-state index in [0.717, 1.165) is 6.42 Å². The van der Waals surface area contributed by atoms with Crippen molar-refractivity contribution in [3.05, 3.63) is 29.8 Å². The Morgan fingerprint density at radius 2 is 2.08 bits per heavy atom. The fraction of sp³-hybridized carbons (Fsp3) is 0.200. The van der Waals surface area contributed by atoms with Crippen molar-refractivity contribution in [2.75, 3.05) is 0 Å². The zero-order valence-corrected chi connectivity index (χ0v) is 8.58. The summed E-state index contributed by atoms with van der Waals surface area (Å²) < 4.78 is 2.51. The molecule has 2 heteroatoms. The van der Waals surface area contributed by atoms with Crippen LogP contribution in [0.5, 0.6) is 0 Å². The lowest BCUT2D eigenvalue weighted by atomic mass is 10.1. The molecule has 0 unspecified atom stereocenters. The van der Waals surface area contributed by atoms with Gasteiger partial charge in [0.05, 0.1) is 4.21 Å². The van der Waals surface area contributed by atoms with Crippen LogP contribution in [0, 0.1) is 0 Å². The highest BCUT2D eigenvalue weighted by atomic mass is 32.2. The van der Waals surface area contributed by atoms with Gasteiger partial charge in [-0.25, -0.2) is 0 Å². The Bertz CT molecular complexity index is 401. The first kappa shape index (κ1) is 8.14. The highest BCUT2D eigenvalue weighted by molar-refractivity contribution is 7.83. The summed E-state index contributed by atoms with van der Waals surface area (Å²) in [6.45, 7) is 2.17. The van der Waals surface area contributed by atoms with E-state index in [1.54, 1.807) is 11.3 Å². The minimum Gasteiger partial charge on any atom is -0.133 e. The van der Waals surface area contributed by atoms with E-state index in [2.05, 4.69) is 43.8 Å². The standard InChI is InChI=1S/C10H10S2/c1-2-7-8-5-3-4-6-9(8)12-10(7)11/h3-6,11H,2H2,1H3. The summed E-state index contributed by atoms with van der Waals surface area (Å²) in [6, 6.07) is 8.48. The molecular weight excluding hydrogens is 184 g/mol. The number of aryl methyl sites for hydroxylation is 1. The first-order valence-electron chi connectivity index (χ1n) is 4.02. The first-order chi connectivity index (χ1) is 5.83. The highest BCUT2D eigenvalue weighted by Crippen LogP contribution is 2.33. The van der Waals surface area contributed by atoms with Gasteiger partial charge in [-0.1, -0.05) is 25.1 Å². The largest absolute Gasteiger partial charge is 0.133 e. The van der Waals surface area contributed by atoms with Crippen molar-refractivity contribution < 1.29 is 0 Å². The van der Waals surface area contributed by atoms with E-state index in [-0.39, 0.29) is 0 Å². The molecule has 0 bridgehead atoms. The average Bonchev–Trinajstić information content (AvgIpc) is 2.40. The second-order valence-electron chi connectivity index (χ2n) is 2.74. The molecule has 1 aromatic carbocycles. The molecule has 0 amide bonds. The van der Waals surface area contributed by atoms with Crippen molar-refractivity contribution in [2.45, 2.75) is 17.6 Å². The molecule has 0 radical (unpaired) electrons. The van der Waals surface area contributed by atoms with Crippen molar-refractivity contribution in [1.29, 1.82) is 0 Å². The molecule has 0 aliphatic carbocycles. The molecule has 0 aliphatic rings. The molecule has 1 heterocycles.